The average molecular weight is 314 g/mol. The van der Waals surface area contributed by atoms with Gasteiger partial charge in [-0.25, -0.2) is 0 Å². The normalized spacial score (nSPS) is 10.6. The molecule has 0 atom stereocenters. The van der Waals surface area contributed by atoms with Gasteiger partial charge in [0.05, 0.1) is 11.8 Å². The van der Waals surface area contributed by atoms with E-state index in [0.29, 0.717) is 5.88 Å². The van der Waals surface area contributed by atoms with E-state index < -0.39 is 0 Å². The van der Waals surface area contributed by atoms with Crippen LogP contribution in [0, 0.1) is 0 Å². The van der Waals surface area contributed by atoms with Gasteiger partial charge in [0.15, 0.2) is 0 Å². The van der Waals surface area contributed by atoms with Gasteiger partial charge in [0.2, 0.25) is 5.88 Å². The number of pyridine rings is 1. The van der Waals surface area contributed by atoms with Gasteiger partial charge in [-0.05, 0) is 36.2 Å². The van der Waals surface area contributed by atoms with Crippen molar-refractivity contribution >= 4 is 33.3 Å². The van der Waals surface area contributed by atoms with Gasteiger partial charge in [-0.15, -0.1) is 0 Å². The first-order chi connectivity index (χ1) is 10.9. The van der Waals surface area contributed by atoms with E-state index in [0.717, 1.165) is 31.1 Å². The van der Waals surface area contributed by atoms with Crippen LogP contribution < -0.4 is 15.4 Å². The maximum absolute atomic E-state index is 5.10. The summed E-state index contributed by atoms with van der Waals surface area (Å²) in [6.07, 6.45) is 0.977. The third-order valence-corrected chi connectivity index (χ3v) is 4.09. The zero-order valence-corrected chi connectivity index (χ0v) is 13.2. The molecular weight excluding hydrogens is 296 g/mol. The first kappa shape index (κ1) is 14.6. The molecule has 0 aliphatic rings. The number of hydrogen-bond acceptors (Lipinski definition) is 6. The van der Waals surface area contributed by atoms with Crippen molar-refractivity contribution < 1.29 is 4.74 Å². The number of hydrogen-bond donors (Lipinski definition) is 2. The number of rotatable bonds is 7. The van der Waals surface area contributed by atoms with Crippen LogP contribution >= 0.6 is 11.5 Å². The van der Waals surface area contributed by atoms with Crippen LogP contribution in [0.5, 0.6) is 5.88 Å². The fraction of sp³-hybridized carbons (Fsp3) is 0.250. The lowest BCUT2D eigenvalue weighted by Gasteiger charge is -2.07. The molecule has 0 fully saturated rings. The van der Waals surface area contributed by atoms with E-state index in [4.69, 9.17) is 4.74 Å². The molecule has 2 aromatic heterocycles. The molecular formula is C16H18N4OS. The third-order valence-electron chi connectivity index (χ3n) is 3.26. The van der Waals surface area contributed by atoms with Gasteiger partial charge >= 0.3 is 0 Å². The summed E-state index contributed by atoms with van der Waals surface area (Å²) in [5.74, 6) is 2.43. The van der Waals surface area contributed by atoms with Gasteiger partial charge in [-0.2, -0.15) is 9.36 Å². The highest BCUT2D eigenvalue weighted by Crippen LogP contribution is 2.25. The highest BCUT2D eigenvalue weighted by atomic mass is 32.1. The molecule has 0 saturated carbocycles. The minimum Gasteiger partial charge on any atom is -0.481 e. The van der Waals surface area contributed by atoms with Gasteiger partial charge in [-0.1, -0.05) is 18.2 Å². The van der Waals surface area contributed by atoms with Crippen molar-refractivity contribution in [1.82, 2.24) is 9.36 Å². The summed E-state index contributed by atoms with van der Waals surface area (Å²) in [6, 6.07) is 14.0. The summed E-state index contributed by atoms with van der Waals surface area (Å²) in [5.41, 5.74) is 0. The largest absolute Gasteiger partial charge is 0.481 e. The second kappa shape index (κ2) is 7.09. The molecule has 0 bridgehead atoms. The second-order valence-electron chi connectivity index (χ2n) is 4.80. The first-order valence-corrected chi connectivity index (χ1v) is 7.97. The molecule has 0 saturated heterocycles. The fourth-order valence-electron chi connectivity index (χ4n) is 2.15. The van der Waals surface area contributed by atoms with Crippen molar-refractivity contribution in [3.63, 3.8) is 0 Å². The summed E-state index contributed by atoms with van der Waals surface area (Å²) < 4.78 is 10.8. The van der Waals surface area contributed by atoms with Crippen LogP contribution in [0.1, 0.15) is 6.42 Å². The zero-order valence-electron chi connectivity index (χ0n) is 12.4. The van der Waals surface area contributed by atoms with Crippen LogP contribution in [-0.4, -0.2) is 29.6 Å². The number of anilines is 2. The molecule has 3 rings (SSSR count). The Balaban J connectivity index is 1.45. The molecule has 0 spiro atoms. The minimum atomic E-state index is 0.622. The van der Waals surface area contributed by atoms with Gasteiger partial charge < -0.3 is 15.4 Å². The highest BCUT2D eigenvalue weighted by molar-refractivity contribution is 7.13. The van der Waals surface area contributed by atoms with Crippen LogP contribution in [0.25, 0.3) is 10.1 Å². The molecule has 114 valence electrons. The average Bonchev–Trinajstić information content (AvgIpc) is 2.98. The van der Waals surface area contributed by atoms with Crippen molar-refractivity contribution in [3.8, 4) is 5.88 Å². The van der Waals surface area contributed by atoms with Gasteiger partial charge in [0.25, 0.3) is 0 Å². The van der Waals surface area contributed by atoms with E-state index in [9.17, 15) is 0 Å². The van der Waals surface area contributed by atoms with E-state index in [-0.39, 0.29) is 0 Å². The number of nitrogens with one attached hydrogen (secondary N) is 2. The van der Waals surface area contributed by atoms with Gasteiger partial charge in [0, 0.05) is 24.5 Å². The van der Waals surface area contributed by atoms with E-state index in [1.54, 1.807) is 7.11 Å². The highest BCUT2D eigenvalue weighted by Gasteiger charge is 2.03. The summed E-state index contributed by atoms with van der Waals surface area (Å²) in [6.45, 7) is 1.71. The Bertz CT molecular complexity index is 744. The topological polar surface area (TPSA) is 59.1 Å². The quantitative estimate of drug-likeness (QED) is 0.652. The summed E-state index contributed by atoms with van der Waals surface area (Å²) in [5, 5.41) is 7.87. The second-order valence-corrected chi connectivity index (χ2v) is 5.60. The standard InChI is InChI=1S/C16H18N4OS/c1-21-15-9-4-8-14(19-15)17-10-5-11-18-16-12-6-2-3-7-13(12)22-20-16/h2-4,6-9H,5,10-11H2,1H3,(H,17,19)(H,18,20). The molecule has 3 aromatic rings. The molecule has 2 heterocycles. The Morgan fingerprint density at radius 2 is 1.91 bits per heavy atom. The lowest BCUT2D eigenvalue weighted by atomic mass is 10.2. The SMILES string of the molecule is COc1cccc(NCCCNc2nsc3ccccc23)n1. The van der Waals surface area contributed by atoms with Crippen molar-refractivity contribution in [3.05, 3.63) is 42.5 Å². The molecule has 0 aliphatic carbocycles. The Kier molecular flexibility index (Phi) is 4.70. The van der Waals surface area contributed by atoms with Gasteiger partial charge in [-0.3, -0.25) is 0 Å². The van der Waals surface area contributed by atoms with Crippen LogP contribution in [0.4, 0.5) is 11.6 Å². The predicted octanol–water partition coefficient (Wildman–Crippen LogP) is 3.61. The first-order valence-electron chi connectivity index (χ1n) is 7.20. The molecule has 0 amide bonds. The van der Waals surface area contributed by atoms with E-state index in [2.05, 4.69) is 32.1 Å². The number of aromatic nitrogens is 2. The van der Waals surface area contributed by atoms with Crippen LogP contribution in [0.15, 0.2) is 42.5 Å². The number of methoxy groups -OCH3 is 1. The summed E-state index contributed by atoms with van der Waals surface area (Å²) in [7, 11) is 1.62. The molecule has 6 heteroatoms. The maximum atomic E-state index is 5.10. The predicted molar refractivity (Wildman–Crippen MR) is 92.0 cm³/mol. The summed E-state index contributed by atoms with van der Waals surface area (Å²) >= 11 is 1.53. The van der Waals surface area contributed by atoms with Crippen LogP contribution in [0.3, 0.4) is 0 Å². The third kappa shape index (κ3) is 3.46. The Labute approximate surface area is 133 Å². The van der Waals surface area contributed by atoms with E-state index in [1.165, 1.54) is 21.6 Å². The van der Waals surface area contributed by atoms with E-state index in [1.807, 2.05) is 30.3 Å². The van der Waals surface area contributed by atoms with Crippen LogP contribution in [0.2, 0.25) is 0 Å². The number of fused-ring (bicyclic) bond motifs is 1. The molecule has 1 aromatic carbocycles. The molecule has 0 aliphatic heterocycles. The van der Waals surface area contributed by atoms with Crippen molar-refractivity contribution in [1.29, 1.82) is 0 Å². The monoisotopic (exact) mass is 314 g/mol. The Hall–Kier alpha value is -2.34. The van der Waals surface area contributed by atoms with Crippen molar-refractivity contribution in [2.75, 3.05) is 30.8 Å². The molecule has 0 radical (unpaired) electrons. The lowest BCUT2D eigenvalue weighted by molar-refractivity contribution is 0.398. The molecule has 5 nitrogen and oxygen atoms in total. The maximum Gasteiger partial charge on any atom is 0.214 e. The van der Waals surface area contributed by atoms with Crippen LogP contribution in [-0.2, 0) is 0 Å². The minimum absolute atomic E-state index is 0.622. The van der Waals surface area contributed by atoms with Crippen molar-refractivity contribution in [2.24, 2.45) is 0 Å². The Morgan fingerprint density at radius 3 is 2.82 bits per heavy atom. The smallest absolute Gasteiger partial charge is 0.214 e. The van der Waals surface area contributed by atoms with Gasteiger partial charge in [0.1, 0.15) is 11.6 Å². The lowest BCUT2D eigenvalue weighted by Crippen LogP contribution is -2.10. The molecule has 0 unspecified atom stereocenters. The number of nitrogens with zero attached hydrogens (tertiary/aromatic N) is 2. The number of ether oxygens (including phenoxy) is 1. The fourth-order valence-corrected chi connectivity index (χ4v) is 2.91. The number of benzene rings is 1. The zero-order chi connectivity index (χ0) is 15.2. The van der Waals surface area contributed by atoms with E-state index >= 15 is 0 Å². The van der Waals surface area contributed by atoms with Crippen molar-refractivity contribution in [2.45, 2.75) is 6.42 Å². The molecule has 2 N–H and O–H groups in total. The Morgan fingerprint density at radius 1 is 1.05 bits per heavy atom. The summed E-state index contributed by atoms with van der Waals surface area (Å²) in [4.78, 5) is 4.32. The molecule has 22 heavy (non-hydrogen) atoms.